The summed E-state index contributed by atoms with van der Waals surface area (Å²) in [4.78, 5) is 33.9. The highest BCUT2D eigenvalue weighted by Crippen LogP contribution is 2.26. The fourth-order valence-corrected chi connectivity index (χ4v) is 2.77. The number of aryl methyl sites for hydroxylation is 1. The average Bonchev–Trinajstić information content (AvgIpc) is 2.61. The van der Waals surface area contributed by atoms with E-state index in [1.54, 1.807) is 0 Å². The molecule has 0 bridgehead atoms. The van der Waals surface area contributed by atoms with Crippen LogP contribution in [0.15, 0.2) is 42.5 Å². The van der Waals surface area contributed by atoms with Gasteiger partial charge in [0.2, 0.25) is 5.91 Å². The van der Waals surface area contributed by atoms with Gasteiger partial charge in [0.25, 0.3) is 11.6 Å². The Hall–Kier alpha value is -3.22. The van der Waals surface area contributed by atoms with Gasteiger partial charge in [0.1, 0.15) is 0 Å². The topological polar surface area (TPSA) is 101 Å². The van der Waals surface area contributed by atoms with Crippen LogP contribution in [0, 0.1) is 10.1 Å². The van der Waals surface area contributed by atoms with Crippen molar-refractivity contribution in [1.29, 1.82) is 0 Å². The third-order valence-electron chi connectivity index (χ3n) is 4.21. The standard InChI is InChI=1S/C18H17N3O4/c1-11(13-4-8-16-14(10-13)5-9-17(22)20-16)19-18(23)12-2-6-15(7-3-12)21(24)25/h2-4,6-8,10-11H,5,9H2,1H3,(H,19,23)(H,20,22)/t11-/m1/s1. The minimum atomic E-state index is -0.504. The number of hydrogen-bond donors (Lipinski definition) is 2. The van der Waals surface area contributed by atoms with Crippen LogP contribution in [0.5, 0.6) is 0 Å². The van der Waals surface area contributed by atoms with Gasteiger partial charge in [-0.05, 0) is 42.7 Å². The number of anilines is 1. The molecule has 0 unspecified atom stereocenters. The molecule has 1 atom stereocenters. The van der Waals surface area contributed by atoms with Crippen molar-refractivity contribution in [3.8, 4) is 0 Å². The Morgan fingerprint density at radius 2 is 1.92 bits per heavy atom. The second-order valence-corrected chi connectivity index (χ2v) is 5.96. The van der Waals surface area contributed by atoms with E-state index in [0.29, 0.717) is 18.4 Å². The molecule has 2 amide bonds. The summed E-state index contributed by atoms with van der Waals surface area (Å²) in [7, 11) is 0. The van der Waals surface area contributed by atoms with Crippen molar-refractivity contribution >= 4 is 23.2 Å². The van der Waals surface area contributed by atoms with E-state index in [9.17, 15) is 19.7 Å². The van der Waals surface area contributed by atoms with Crippen LogP contribution in [-0.4, -0.2) is 16.7 Å². The van der Waals surface area contributed by atoms with Crippen LogP contribution < -0.4 is 10.6 Å². The lowest BCUT2D eigenvalue weighted by Crippen LogP contribution is -2.27. The maximum Gasteiger partial charge on any atom is 0.269 e. The minimum absolute atomic E-state index is 0.0137. The van der Waals surface area contributed by atoms with Crippen LogP contribution in [0.1, 0.15) is 40.9 Å². The average molecular weight is 339 g/mol. The fourth-order valence-electron chi connectivity index (χ4n) is 2.77. The Morgan fingerprint density at radius 1 is 1.20 bits per heavy atom. The lowest BCUT2D eigenvalue weighted by atomic mass is 9.97. The molecule has 1 heterocycles. The van der Waals surface area contributed by atoms with Crippen molar-refractivity contribution in [1.82, 2.24) is 5.32 Å². The molecule has 0 radical (unpaired) electrons. The van der Waals surface area contributed by atoms with Crippen molar-refractivity contribution in [2.24, 2.45) is 0 Å². The zero-order valence-corrected chi connectivity index (χ0v) is 13.6. The van der Waals surface area contributed by atoms with E-state index >= 15 is 0 Å². The number of hydrogen-bond acceptors (Lipinski definition) is 4. The summed E-state index contributed by atoms with van der Waals surface area (Å²) in [5.74, 6) is -0.284. The molecule has 128 valence electrons. The van der Waals surface area contributed by atoms with E-state index in [0.717, 1.165) is 16.8 Å². The van der Waals surface area contributed by atoms with Crippen molar-refractivity contribution in [2.75, 3.05) is 5.32 Å². The first-order chi connectivity index (χ1) is 11.9. The summed E-state index contributed by atoms with van der Waals surface area (Å²) in [5, 5.41) is 16.4. The fraction of sp³-hybridized carbons (Fsp3) is 0.222. The van der Waals surface area contributed by atoms with E-state index in [1.165, 1.54) is 24.3 Å². The number of non-ortho nitro benzene ring substituents is 1. The molecule has 0 saturated carbocycles. The molecule has 3 rings (SSSR count). The summed E-state index contributed by atoms with van der Waals surface area (Å²) in [6.45, 7) is 1.87. The molecule has 2 aromatic rings. The van der Waals surface area contributed by atoms with Crippen LogP contribution in [0.25, 0.3) is 0 Å². The van der Waals surface area contributed by atoms with Crippen LogP contribution in [0.2, 0.25) is 0 Å². The van der Waals surface area contributed by atoms with Crippen LogP contribution in [0.4, 0.5) is 11.4 Å². The summed E-state index contributed by atoms with van der Waals surface area (Å²) in [5.41, 5.74) is 3.11. The second kappa shape index (κ2) is 6.72. The normalized spacial score (nSPS) is 14.2. The van der Waals surface area contributed by atoms with Crippen LogP contribution in [-0.2, 0) is 11.2 Å². The SMILES string of the molecule is C[C@@H](NC(=O)c1ccc([N+](=O)[O-])cc1)c1ccc2c(c1)CCC(=O)N2. The zero-order valence-electron chi connectivity index (χ0n) is 13.6. The molecule has 0 aromatic heterocycles. The maximum atomic E-state index is 12.3. The number of carbonyl (C=O) groups is 2. The van der Waals surface area contributed by atoms with E-state index in [-0.39, 0.29) is 23.5 Å². The molecule has 25 heavy (non-hydrogen) atoms. The van der Waals surface area contributed by atoms with Gasteiger partial charge in [-0.3, -0.25) is 19.7 Å². The lowest BCUT2D eigenvalue weighted by Gasteiger charge is -2.20. The Bertz CT molecular complexity index is 846. The van der Waals surface area contributed by atoms with Crippen molar-refractivity contribution in [3.63, 3.8) is 0 Å². The molecule has 2 aromatic carbocycles. The molecule has 2 N–H and O–H groups in total. The molecular weight excluding hydrogens is 322 g/mol. The predicted octanol–water partition coefficient (Wildman–Crippen LogP) is 2.97. The van der Waals surface area contributed by atoms with Crippen LogP contribution >= 0.6 is 0 Å². The number of rotatable bonds is 4. The first-order valence-electron chi connectivity index (χ1n) is 7.92. The Morgan fingerprint density at radius 3 is 2.60 bits per heavy atom. The van der Waals surface area contributed by atoms with Crippen molar-refractivity contribution in [3.05, 3.63) is 69.3 Å². The summed E-state index contributed by atoms with van der Waals surface area (Å²) in [6, 6.07) is 10.9. The number of fused-ring (bicyclic) bond motifs is 1. The highest BCUT2D eigenvalue weighted by atomic mass is 16.6. The van der Waals surface area contributed by atoms with E-state index < -0.39 is 4.92 Å². The predicted molar refractivity (Wildman–Crippen MR) is 92.4 cm³/mol. The van der Waals surface area contributed by atoms with E-state index in [1.807, 2.05) is 25.1 Å². The van der Waals surface area contributed by atoms with Gasteiger partial charge in [-0.2, -0.15) is 0 Å². The number of nitro benzene ring substituents is 1. The van der Waals surface area contributed by atoms with Gasteiger partial charge in [0.15, 0.2) is 0 Å². The molecule has 0 aliphatic carbocycles. The Kier molecular flexibility index (Phi) is 4.47. The van der Waals surface area contributed by atoms with Gasteiger partial charge in [0.05, 0.1) is 11.0 Å². The third-order valence-corrected chi connectivity index (χ3v) is 4.21. The molecule has 0 saturated heterocycles. The number of amides is 2. The largest absolute Gasteiger partial charge is 0.346 e. The molecular formula is C18H17N3O4. The second-order valence-electron chi connectivity index (χ2n) is 5.96. The molecule has 0 spiro atoms. The molecule has 7 nitrogen and oxygen atoms in total. The molecule has 1 aliphatic heterocycles. The zero-order chi connectivity index (χ0) is 18.0. The van der Waals surface area contributed by atoms with Gasteiger partial charge in [-0.1, -0.05) is 12.1 Å². The van der Waals surface area contributed by atoms with Gasteiger partial charge in [0, 0.05) is 29.8 Å². The van der Waals surface area contributed by atoms with Crippen LogP contribution in [0.3, 0.4) is 0 Å². The quantitative estimate of drug-likeness (QED) is 0.660. The number of nitrogens with one attached hydrogen (secondary N) is 2. The third kappa shape index (κ3) is 3.65. The number of benzene rings is 2. The Balaban J connectivity index is 1.71. The van der Waals surface area contributed by atoms with Gasteiger partial charge < -0.3 is 10.6 Å². The van der Waals surface area contributed by atoms with E-state index in [2.05, 4.69) is 10.6 Å². The molecule has 7 heteroatoms. The maximum absolute atomic E-state index is 12.3. The smallest absolute Gasteiger partial charge is 0.269 e. The van der Waals surface area contributed by atoms with Gasteiger partial charge in [-0.25, -0.2) is 0 Å². The monoisotopic (exact) mass is 339 g/mol. The molecule has 1 aliphatic rings. The minimum Gasteiger partial charge on any atom is -0.346 e. The summed E-state index contributed by atoms with van der Waals surface area (Å²) < 4.78 is 0. The van der Waals surface area contributed by atoms with Crippen molar-refractivity contribution < 1.29 is 14.5 Å². The first kappa shape index (κ1) is 16.6. The van der Waals surface area contributed by atoms with Gasteiger partial charge >= 0.3 is 0 Å². The lowest BCUT2D eigenvalue weighted by molar-refractivity contribution is -0.384. The number of carbonyl (C=O) groups excluding carboxylic acids is 2. The Labute approximate surface area is 144 Å². The van der Waals surface area contributed by atoms with Gasteiger partial charge in [-0.15, -0.1) is 0 Å². The highest BCUT2D eigenvalue weighted by Gasteiger charge is 2.18. The number of nitro groups is 1. The summed E-state index contributed by atoms with van der Waals surface area (Å²) in [6.07, 6.45) is 1.14. The molecule has 0 fully saturated rings. The highest BCUT2D eigenvalue weighted by molar-refractivity contribution is 5.95. The number of nitrogens with zero attached hydrogens (tertiary/aromatic N) is 1. The first-order valence-corrected chi connectivity index (χ1v) is 7.92. The van der Waals surface area contributed by atoms with Crippen molar-refractivity contribution in [2.45, 2.75) is 25.8 Å². The summed E-state index contributed by atoms with van der Waals surface area (Å²) >= 11 is 0. The van der Waals surface area contributed by atoms with E-state index in [4.69, 9.17) is 0 Å².